The number of fused-ring (bicyclic) bond motifs is 2. The van der Waals surface area contributed by atoms with Crippen molar-refractivity contribution in [1.29, 1.82) is 0 Å². The molecule has 0 aromatic carbocycles. The Bertz CT molecular complexity index is 370. The van der Waals surface area contributed by atoms with E-state index in [2.05, 4.69) is 30.6 Å². The first-order valence-corrected chi connectivity index (χ1v) is 8.43. The van der Waals surface area contributed by atoms with Gasteiger partial charge in [-0.1, -0.05) is 18.8 Å². The van der Waals surface area contributed by atoms with Crippen LogP contribution in [-0.2, 0) is 4.74 Å². The molecule has 0 aromatic heterocycles. The molecular weight excluding hydrogens is 246 g/mol. The molecule has 3 fully saturated rings. The van der Waals surface area contributed by atoms with Crippen molar-refractivity contribution >= 4 is 0 Å². The average molecular weight is 275 g/mol. The SMILES string of the molecule is CC1CC2CC(C1)CC(C)(C#CCN1CCOCC1)C2. The fraction of sp³-hybridized carbons (Fsp3) is 0.889. The standard InChI is InChI=1S/C18H29NO/c1-15-10-16-12-17(11-15)14-18(2,13-16)4-3-5-19-6-8-20-9-7-19/h15-17H,5-14H2,1-2H3. The van der Waals surface area contributed by atoms with Crippen LogP contribution in [0.15, 0.2) is 0 Å². The molecule has 1 saturated heterocycles. The summed E-state index contributed by atoms with van der Waals surface area (Å²) in [6.07, 6.45) is 7.04. The molecule has 3 rings (SSSR count). The van der Waals surface area contributed by atoms with Crippen LogP contribution in [0.5, 0.6) is 0 Å². The minimum absolute atomic E-state index is 0.292. The number of rotatable bonds is 1. The van der Waals surface area contributed by atoms with E-state index in [9.17, 15) is 0 Å². The third-order valence-electron chi connectivity index (χ3n) is 5.41. The average Bonchev–Trinajstić information content (AvgIpc) is 2.38. The van der Waals surface area contributed by atoms with Crippen molar-refractivity contribution in [3.05, 3.63) is 0 Å². The van der Waals surface area contributed by atoms with E-state index in [1.807, 2.05) is 0 Å². The Hall–Kier alpha value is -0.520. The van der Waals surface area contributed by atoms with Crippen molar-refractivity contribution in [3.8, 4) is 11.8 Å². The van der Waals surface area contributed by atoms with Crippen LogP contribution in [0.3, 0.4) is 0 Å². The molecule has 0 amide bonds. The zero-order chi connectivity index (χ0) is 14.0. The lowest BCUT2D eigenvalue weighted by Gasteiger charge is -2.45. The van der Waals surface area contributed by atoms with E-state index in [1.165, 1.54) is 32.1 Å². The minimum Gasteiger partial charge on any atom is -0.379 e. The van der Waals surface area contributed by atoms with Crippen LogP contribution in [0.1, 0.15) is 46.0 Å². The molecule has 2 aliphatic carbocycles. The van der Waals surface area contributed by atoms with Gasteiger partial charge in [-0.15, -0.1) is 0 Å². The monoisotopic (exact) mass is 275 g/mol. The highest BCUT2D eigenvalue weighted by molar-refractivity contribution is 5.14. The first-order valence-electron chi connectivity index (χ1n) is 8.43. The van der Waals surface area contributed by atoms with Gasteiger partial charge in [0.2, 0.25) is 0 Å². The van der Waals surface area contributed by atoms with Gasteiger partial charge in [-0.25, -0.2) is 0 Å². The van der Waals surface area contributed by atoms with Crippen LogP contribution in [0.4, 0.5) is 0 Å². The van der Waals surface area contributed by atoms with E-state index in [1.54, 1.807) is 0 Å². The first kappa shape index (κ1) is 14.4. The normalized spacial score (nSPS) is 41.8. The Morgan fingerprint density at radius 2 is 1.75 bits per heavy atom. The molecule has 2 bridgehead atoms. The maximum Gasteiger partial charge on any atom is 0.0603 e. The predicted octanol–water partition coefficient (Wildman–Crippen LogP) is 3.17. The van der Waals surface area contributed by atoms with Crippen molar-refractivity contribution < 1.29 is 4.74 Å². The summed E-state index contributed by atoms with van der Waals surface area (Å²) < 4.78 is 5.39. The van der Waals surface area contributed by atoms with Crippen LogP contribution in [0.25, 0.3) is 0 Å². The maximum atomic E-state index is 5.39. The molecule has 0 N–H and O–H groups in total. The summed E-state index contributed by atoms with van der Waals surface area (Å²) in [4.78, 5) is 2.42. The summed E-state index contributed by atoms with van der Waals surface area (Å²) in [6, 6.07) is 0. The van der Waals surface area contributed by atoms with Crippen LogP contribution >= 0.6 is 0 Å². The highest BCUT2D eigenvalue weighted by atomic mass is 16.5. The minimum atomic E-state index is 0.292. The summed E-state index contributed by atoms with van der Waals surface area (Å²) in [7, 11) is 0. The Kier molecular flexibility index (Phi) is 4.38. The molecule has 2 heteroatoms. The molecular formula is C18H29NO. The molecule has 0 spiro atoms. The van der Waals surface area contributed by atoms with E-state index in [0.29, 0.717) is 5.41 Å². The van der Waals surface area contributed by atoms with Crippen molar-refractivity contribution in [2.45, 2.75) is 46.0 Å². The molecule has 0 aromatic rings. The van der Waals surface area contributed by atoms with Crippen LogP contribution in [0, 0.1) is 35.0 Å². The van der Waals surface area contributed by atoms with Crippen molar-refractivity contribution in [1.82, 2.24) is 4.90 Å². The molecule has 0 radical (unpaired) electrons. The molecule has 2 nitrogen and oxygen atoms in total. The third-order valence-corrected chi connectivity index (χ3v) is 5.41. The molecule has 3 aliphatic rings. The predicted molar refractivity (Wildman–Crippen MR) is 82.4 cm³/mol. The Labute approximate surface area is 124 Å². The highest BCUT2D eigenvalue weighted by Crippen LogP contribution is 2.49. The molecule has 2 atom stereocenters. The molecule has 2 unspecified atom stereocenters. The number of hydrogen-bond acceptors (Lipinski definition) is 2. The Balaban J connectivity index is 1.56. The second kappa shape index (κ2) is 6.08. The van der Waals surface area contributed by atoms with Crippen molar-refractivity contribution in [2.24, 2.45) is 23.2 Å². The van der Waals surface area contributed by atoms with Gasteiger partial charge in [-0.05, 0) is 56.8 Å². The smallest absolute Gasteiger partial charge is 0.0603 e. The fourth-order valence-corrected chi connectivity index (χ4v) is 4.82. The molecule has 20 heavy (non-hydrogen) atoms. The van der Waals surface area contributed by atoms with Crippen LogP contribution < -0.4 is 0 Å². The van der Waals surface area contributed by atoms with E-state index in [-0.39, 0.29) is 0 Å². The maximum absolute atomic E-state index is 5.39. The number of nitrogens with zero attached hydrogens (tertiary/aromatic N) is 1. The van der Waals surface area contributed by atoms with Gasteiger partial charge >= 0.3 is 0 Å². The number of hydrogen-bond donors (Lipinski definition) is 0. The summed E-state index contributed by atoms with van der Waals surface area (Å²) in [5.74, 6) is 9.98. The van der Waals surface area contributed by atoms with Gasteiger partial charge in [0, 0.05) is 18.5 Å². The summed E-state index contributed by atoms with van der Waals surface area (Å²) in [5.41, 5.74) is 0.292. The Morgan fingerprint density at radius 1 is 1.10 bits per heavy atom. The third kappa shape index (κ3) is 3.57. The van der Waals surface area contributed by atoms with Gasteiger partial charge in [0.25, 0.3) is 0 Å². The zero-order valence-corrected chi connectivity index (χ0v) is 13.2. The molecule has 1 aliphatic heterocycles. The fourth-order valence-electron chi connectivity index (χ4n) is 4.82. The molecule has 112 valence electrons. The second-order valence-corrected chi connectivity index (χ2v) is 7.70. The first-order chi connectivity index (χ1) is 9.63. The van der Waals surface area contributed by atoms with Gasteiger partial charge in [0.15, 0.2) is 0 Å². The molecule has 1 heterocycles. The van der Waals surface area contributed by atoms with E-state index >= 15 is 0 Å². The second-order valence-electron chi connectivity index (χ2n) is 7.70. The van der Waals surface area contributed by atoms with Gasteiger partial charge < -0.3 is 4.74 Å². The zero-order valence-electron chi connectivity index (χ0n) is 13.2. The van der Waals surface area contributed by atoms with Gasteiger partial charge in [0.1, 0.15) is 0 Å². The van der Waals surface area contributed by atoms with Gasteiger partial charge in [-0.2, -0.15) is 0 Å². The van der Waals surface area contributed by atoms with E-state index < -0.39 is 0 Å². The van der Waals surface area contributed by atoms with Crippen LogP contribution in [-0.4, -0.2) is 37.7 Å². The van der Waals surface area contributed by atoms with E-state index in [4.69, 9.17) is 4.74 Å². The van der Waals surface area contributed by atoms with Crippen molar-refractivity contribution in [3.63, 3.8) is 0 Å². The summed E-state index contributed by atoms with van der Waals surface area (Å²) >= 11 is 0. The molecule has 2 saturated carbocycles. The summed E-state index contributed by atoms with van der Waals surface area (Å²) in [6.45, 7) is 9.63. The quantitative estimate of drug-likeness (QED) is 0.682. The topological polar surface area (TPSA) is 12.5 Å². The lowest BCUT2D eigenvalue weighted by Crippen LogP contribution is -2.37. The highest BCUT2D eigenvalue weighted by Gasteiger charge is 2.39. The lowest BCUT2D eigenvalue weighted by atomic mass is 9.60. The van der Waals surface area contributed by atoms with Gasteiger partial charge in [-0.3, -0.25) is 4.90 Å². The largest absolute Gasteiger partial charge is 0.379 e. The number of morpholine rings is 1. The van der Waals surface area contributed by atoms with Crippen molar-refractivity contribution in [2.75, 3.05) is 32.8 Å². The summed E-state index contributed by atoms with van der Waals surface area (Å²) in [5, 5.41) is 0. The van der Waals surface area contributed by atoms with E-state index in [0.717, 1.165) is 50.6 Å². The number of ether oxygens (including phenoxy) is 1. The Morgan fingerprint density at radius 3 is 2.40 bits per heavy atom. The van der Waals surface area contributed by atoms with Gasteiger partial charge in [0.05, 0.1) is 19.8 Å². The van der Waals surface area contributed by atoms with Crippen LogP contribution in [0.2, 0.25) is 0 Å². The lowest BCUT2D eigenvalue weighted by molar-refractivity contribution is 0.0442.